The molecule has 0 N–H and O–H groups in total. The largest absolute Gasteiger partial charge is 0.240 e. The summed E-state index contributed by atoms with van der Waals surface area (Å²) in [4.78, 5) is 9.01. The normalized spacial score (nSPS) is 10.4. The minimum atomic E-state index is 0.481. The predicted molar refractivity (Wildman–Crippen MR) is 58.9 cm³/mol. The average molecular weight is 244 g/mol. The van der Waals surface area contributed by atoms with Gasteiger partial charge in [-0.15, -0.1) is 11.3 Å². The van der Waals surface area contributed by atoms with Crippen LogP contribution < -0.4 is 0 Å². The molecule has 0 amide bonds. The highest BCUT2D eigenvalue weighted by atomic mass is 35.5. The van der Waals surface area contributed by atoms with E-state index in [2.05, 4.69) is 9.97 Å². The third-order valence-corrected chi connectivity index (χ3v) is 2.79. The fraction of sp³-hybridized carbons (Fsp3) is 0. The molecular formula is C9H5Cl2N2S. The zero-order valence-electron chi connectivity index (χ0n) is 6.95. The second kappa shape index (κ2) is 4.26. The second-order valence-corrected chi connectivity index (χ2v) is 4.58. The van der Waals surface area contributed by atoms with Crippen molar-refractivity contribution in [1.29, 1.82) is 0 Å². The number of rotatable bonds is 2. The Morgan fingerprint density at radius 1 is 1.29 bits per heavy atom. The fourth-order valence-electron chi connectivity index (χ4n) is 0.981. The Bertz CT molecular complexity index is 442. The Balaban J connectivity index is 2.18. The first kappa shape index (κ1) is 9.90. The lowest BCUT2D eigenvalue weighted by molar-refractivity contribution is 1.22. The van der Waals surface area contributed by atoms with Crippen molar-refractivity contribution in [2.24, 2.45) is 0 Å². The van der Waals surface area contributed by atoms with Gasteiger partial charge in [0, 0.05) is 11.1 Å². The highest BCUT2D eigenvalue weighted by Gasteiger charge is 2.02. The number of halogens is 2. The lowest BCUT2D eigenvalue weighted by atomic mass is 10.2. The van der Waals surface area contributed by atoms with Crippen LogP contribution in [0.25, 0.3) is 0 Å². The zero-order valence-corrected chi connectivity index (χ0v) is 9.27. The van der Waals surface area contributed by atoms with Gasteiger partial charge in [-0.2, -0.15) is 0 Å². The number of aromatic nitrogens is 2. The summed E-state index contributed by atoms with van der Waals surface area (Å²) < 4.78 is 0.526. The monoisotopic (exact) mass is 243 g/mol. The summed E-state index contributed by atoms with van der Waals surface area (Å²) in [7, 11) is 0. The summed E-state index contributed by atoms with van der Waals surface area (Å²) in [5, 5.41) is 0.481. The van der Waals surface area contributed by atoms with E-state index in [4.69, 9.17) is 23.2 Å². The molecule has 2 heterocycles. The molecule has 1 radical (unpaired) electrons. The van der Waals surface area contributed by atoms with Gasteiger partial charge in [-0.1, -0.05) is 29.3 Å². The molecule has 14 heavy (non-hydrogen) atoms. The summed E-state index contributed by atoms with van der Waals surface area (Å²) >= 11 is 12.8. The molecule has 0 spiro atoms. The number of pyridine rings is 1. The summed E-state index contributed by atoms with van der Waals surface area (Å²) in [6.45, 7) is 0. The van der Waals surface area contributed by atoms with E-state index in [1.54, 1.807) is 12.3 Å². The molecule has 2 nitrogen and oxygen atoms in total. The van der Waals surface area contributed by atoms with E-state index in [1.165, 1.54) is 11.3 Å². The van der Waals surface area contributed by atoms with Gasteiger partial charge in [-0.05, 0) is 12.1 Å². The molecule has 0 aromatic carbocycles. The molecule has 0 aliphatic heterocycles. The standard InChI is InChI=1S/C9H5Cl2N2S/c10-8-3-1-2-6(13-8)4-7-5-12-9(11)14-7/h1-5H. The van der Waals surface area contributed by atoms with Crippen molar-refractivity contribution in [3.8, 4) is 0 Å². The maximum atomic E-state index is 5.75. The van der Waals surface area contributed by atoms with Crippen molar-refractivity contribution in [3.05, 3.63) is 51.0 Å². The van der Waals surface area contributed by atoms with Crippen LogP contribution in [-0.4, -0.2) is 9.97 Å². The smallest absolute Gasteiger partial charge is 0.183 e. The Morgan fingerprint density at radius 3 is 2.79 bits per heavy atom. The molecule has 0 unspecified atom stereocenters. The first-order chi connectivity index (χ1) is 6.74. The summed E-state index contributed by atoms with van der Waals surface area (Å²) in [5.74, 6) is 0. The van der Waals surface area contributed by atoms with Gasteiger partial charge in [0.1, 0.15) is 5.15 Å². The van der Waals surface area contributed by atoms with E-state index in [-0.39, 0.29) is 0 Å². The summed E-state index contributed by atoms with van der Waals surface area (Å²) in [5.41, 5.74) is 0.804. The Kier molecular flexibility index (Phi) is 3.01. The molecule has 2 aromatic heterocycles. The van der Waals surface area contributed by atoms with E-state index in [0.717, 1.165) is 10.6 Å². The van der Waals surface area contributed by atoms with Gasteiger partial charge in [-0.25, -0.2) is 9.97 Å². The fourth-order valence-corrected chi connectivity index (χ4v) is 2.05. The van der Waals surface area contributed by atoms with Crippen LogP contribution in [0.3, 0.4) is 0 Å². The summed E-state index contributed by atoms with van der Waals surface area (Å²) in [6.07, 6.45) is 3.59. The van der Waals surface area contributed by atoms with Gasteiger partial charge >= 0.3 is 0 Å². The van der Waals surface area contributed by atoms with Gasteiger partial charge in [0.15, 0.2) is 4.47 Å². The molecule has 5 heteroatoms. The molecule has 0 saturated carbocycles. The molecule has 0 aliphatic rings. The van der Waals surface area contributed by atoms with E-state index >= 15 is 0 Å². The van der Waals surface area contributed by atoms with E-state index in [1.807, 2.05) is 18.6 Å². The van der Waals surface area contributed by atoms with Crippen molar-refractivity contribution < 1.29 is 0 Å². The highest BCUT2D eigenvalue weighted by molar-refractivity contribution is 7.15. The van der Waals surface area contributed by atoms with Crippen LogP contribution in [0.5, 0.6) is 0 Å². The number of hydrogen-bond donors (Lipinski definition) is 0. The molecule has 0 aliphatic carbocycles. The van der Waals surface area contributed by atoms with Crippen molar-refractivity contribution in [3.63, 3.8) is 0 Å². The van der Waals surface area contributed by atoms with Crippen LogP contribution in [0.2, 0.25) is 9.62 Å². The number of nitrogens with zero attached hydrogens (tertiary/aromatic N) is 2. The molecule has 2 aromatic rings. The van der Waals surface area contributed by atoms with Crippen LogP contribution in [0.15, 0.2) is 24.4 Å². The Hall–Kier alpha value is -0.640. The highest BCUT2D eigenvalue weighted by Crippen LogP contribution is 2.21. The third kappa shape index (κ3) is 2.44. The minimum absolute atomic E-state index is 0.481. The summed E-state index contributed by atoms with van der Waals surface area (Å²) in [6, 6.07) is 5.46. The van der Waals surface area contributed by atoms with Gasteiger partial charge in [0.05, 0.1) is 12.1 Å². The molecule has 0 atom stereocenters. The van der Waals surface area contributed by atoms with Crippen molar-refractivity contribution >= 4 is 34.5 Å². The van der Waals surface area contributed by atoms with Gasteiger partial charge in [-0.3, -0.25) is 0 Å². The zero-order chi connectivity index (χ0) is 9.97. The van der Waals surface area contributed by atoms with Crippen LogP contribution >= 0.6 is 34.5 Å². The maximum Gasteiger partial charge on any atom is 0.183 e. The predicted octanol–water partition coefficient (Wildman–Crippen LogP) is 3.45. The SMILES string of the molecule is Clc1cccc([CH]c2cnc(Cl)s2)n1. The third-order valence-electron chi connectivity index (χ3n) is 1.52. The number of hydrogen-bond acceptors (Lipinski definition) is 3. The van der Waals surface area contributed by atoms with Crippen LogP contribution in [0.1, 0.15) is 10.6 Å². The topological polar surface area (TPSA) is 25.8 Å². The lowest BCUT2D eigenvalue weighted by Gasteiger charge is -1.96. The molecule has 2 rings (SSSR count). The molecule has 0 saturated heterocycles. The van der Waals surface area contributed by atoms with Crippen molar-refractivity contribution in [2.45, 2.75) is 0 Å². The molecule has 0 bridgehead atoms. The second-order valence-electron chi connectivity index (χ2n) is 2.55. The molecule has 71 valence electrons. The van der Waals surface area contributed by atoms with Crippen LogP contribution in [-0.2, 0) is 0 Å². The quantitative estimate of drug-likeness (QED) is 0.756. The Morgan fingerprint density at radius 2 is 2.14 bits per heavy atom. The minimum Gasteiger partial charge on any atom is -0.240 e. The number of thiazole rings is 1. The van der Waals surface area contributed by atoms with Gasteiger partial charge in [0.25, 0.3) is 0 Å². The average Bonchev–Trinajstić information content (AvgIpc) is 2.51. The van der Waals surface area contributed by atoms with Gasteiger partial charge in [0.2, 0.25) is 0 Å². The van der Waals surface area contributed by atoms with Crippen LogP contribution in [0, 0.1) is 6.42 Å². The first-order valence-electron chi connectivity index (χ1n) is 3.83. The first-order valence-corrected chi connectivity index (χ1v) is 5.40. The lowest BCUT2D eigenvalue weighted by Crippen LogP contribution is -1.86. The molecular weight excluding hydrogens is 239 g/mol. The Labute approximate surface area is 95.5 Å². The van der Waals surface area contributed by atoms with E-state index in [0.29, 0.717) is 9.62 Å². The van der Waals surface area contributed by atoms with E-state index < -0.39 is 0 Å². The van der Waals surface area contributed by atoms with E-state index in [9.17, 15) is 0 Å². The maximum absolute atomic E-state index is 5.75. The van der Waals surface area contributed by atoms with Crippen molar-refractivity contribution in [2.75, 3.05) is 0 Å². The van der Waals surface area contributed by atoms with Crippen LogP contribution in [0.4, 0.5) is 0 Å². The van der Waals surface area contributed by atoms with Gasteiger partial charge < -0.3 is 0 Å². The molecule has 0 fully saturated rings. The van der Waals surface area contributed by atoms with Crippen molar-refractivity contribution in [1.82, 2.24) is 9.97 Å².